The van der Waals surface area contributed by atoms with Crippen LogP contribution in [0.25, 0.3) is 0 Å². The molecule has 0 aliphatic heterocycles. The van der Waals surface area contributed by atoms with Crippen LogP contribution in [0.1, 0.15) is 18.4 Å². The second-order valence-corrected chi connectivity index (χ2v) is 3.29. The van der Waals surface area contributed by atoms with Gasteiger partial charge in [-0.2, -0.15) is 0 Å². The number of phenolic OH excluding ortho intramolecular Hbond substituents is 1. The van der Waals surface area contributed by atoms with Crippen molar-refractivity contribution in [3.05, 3.63) is 29.3 Å². The van der Waals surface area contributed by atoms with Crippen LogP contribution in [0.5, 0.6) is 5.75 Å². The lowest BCUT2D eigenvalue weighted by atomic mass is 10.1. The molecule has 1 aliphatic rings. The Balaban J connectivity index is 2.54. The van der Waals surface area contributed by atoms with Crippen molar-refractivity contribution in [3.63, 3.8) is 0 Å². The lowest BCUT2D eigenvalue weighted by Gasteiger charge is -2.10. The maximum absolute atomic E-state index is 13.1. The van der Waals surface area contributed by atoms with Gasteiger partial charge >= 0.3 is 0 Å². The number of hydrogen-bond acceptors (Lipinski definition) is 2. The van der Waals surface area contributed by atoms with Gasteiger partial charge in [-0.15, -0.1) is 0 Å². The molecule has 1 aliphatic carbocycles. The standard InChI is InChI=1S/C9H8F2O2/c10-6-2-1-5(7(11)8(6)12)9(13)3-4-9/h1-2,12-13H,3-4H2. The second-order valence-electron chi connectivity index (χ2n) is 3.29. The maximum Gasteiger partial charge on any atom is 0.188 e. The summed E-state index contributed by atoms with van der Waals surface area (Å²) in [6.45, 7) is 0. The zero-order valence-electron chi connectivity index (χ0n) is 6.72. The monoisotopic (exact) mass is 186 g/mol. The topological polar surface area (TPSA) is 40.5 Å². The van der Waals surface area contributed by atoms with E-state index < -0.39 is 23.0 Å². The largest absolute Gasteiger partial charge is 0.503 e. The number of halogens is 2. The van der Waals surface area contributed by atoms with Crippen LogP contribution in [-0.2, 0) is 5.60 Å². The van der Waals surface area contributed by atoms with Crippen molar-refractivity contribution in [1.82, 2.24) is 0 Å². The third-order valence-corrected chi connectivity index (χ3v) is 2.29. The lowest BCUT2D eigenvalue weighted by Crippen LogP contribution is -2.07. The fourth-order valence-corrected chi connectivity index (χ4v) is 1.29. The van der Waals surface area contributed by atoms with E-state index >= 15 is 0 Å². The average Bonchev–Trinajstić information content (AvgIpc) is 2.80. The fraction of sp³-hybridized carbons (Fsp3) is 0.333. The molecule has 0 radical (unpaired) electrons. The van der Waals surface area contributed by atoms with E-state index in [2.05, 4.69) is 0 Å². The highest BCUT2D eigenvalue weighted by atomic mass is 19.1. The summed E-state index contributed by atoms with van der Waals surface area (Å²) in [6.07, 6.45) is 0.907. The fourth-order valence-electron chi connectivity index (χ4n) is 1.29. The molecule has 2 nitrogen and oxygen atoms in total. The first-order valence-electron chi connectivity index (χ1n) is 3.94. The van der Waals surface area contributed by atoms with Gasteiger partial charge in [-0.05, 0) is 18.9 Å². The van der Waals surface area contributed by atoms with Crippen molar-refractivity contribution in [3.8, 4) is 5.75 Å². The van der Waals surface area contributed by atoms with Crippen LogP contribution in [0.2, 0.25) is 0 Å². The first-order valence-corrected chi connectivity index (χ1v) is 3.94. The Morgan fingerprint density at radius 2 is 1.85 bits per heavy atom. The molecule has 0 aromatic heterocycles. The van der Waals surface area contributed by atoms with Crippen LogP contribution < -0.4 is 0 Å². The molecular formula is C9H8F2O2. The van der Waals surface area contributed by atoms with Crippen molar-refractivity contribution in [1.29, 1.82) is 0 Å². The Morgan fingerprint density at radius 1 is 1.23 bits per heavy atom. The van der Waals surface area contributed by atoms with E-state index in [1.165, 1.54) is 0 Å². The summed E-state index contributed by atoms with van der Waals surface area (Å²) in [6, 6.07) is 2.11. The van der Waals surface area contributed by atoms with Crippen molar-refractivity contribution >= 4 is 0 Å². The summed E-state index contributed by atoms with van der Waals surface area (Å²) in [4.78, 5) is 0. The molecular weight excluding hydrogens is 178 g/mol. The van der Waals surface area contributed by atoms with Gasteiger partial charge in [0.1, 0.15) is 0 Å². The second kappa shape index (κ2) is 2.42. The smallest absolute Gasteiger partial charge is 0.188 e. The highest BCUT2D eigenvalue weighted by Crippen LogP contribution is 2.47. The van der Waals surface area contributed by atoms with Crippen LogP contribution in [0.15, 0.2) is 12.1 Å². The van der Waals surface area contributed by atoms with Gasteiger partial charge in [-0.1, -0.05) is 6.07 Å². The highest BCUT2D eigenvalue weighted by molar-refractivity contribution is 5.37. The molecule has 1 aromatic rings. The van der Waals surface area contributed by atoms with Crippen LogP contribution >= 0.6 is 0 Å². The Kier molecular flexibility index (Phi) is 1.57. The minimum absolute atomic E-state index is 0.0219. The Morgan fingerprint density at radius 3 is 2.38 bits per heavy atom. The Hall–Kier alpha value is -1.16. The predicted molar refractivity (Wildman–Crippen MR) is 41.2 cm³/mol. The van der Waals surface area contributed by atoms with E-state index in [9.17, 15) is 13.9 Å². The molecule has 0 unspecified atom stereocenters. The zero-order valence-corrected chi connectivity index (χ0v) is 6.72. The van der Waals surface area contributed by atoms with Gasteiger partial charge in [-0.25, -0.2) is 8.78 Å². The summed E-state index contributed by atoms with van der Waals surface area (Å²) in [5.74, 6) is -3.08. The van der Waals surface area contributed by atoms with Gasteiger partial charge in [0.2, 0.25) is 0 Å². The zero-order chi connectivity index (χ0) is 9.64. The van der Waals surface area contributed by atoms with E-state index in [0.717, 1.165) is 12.1 Å². The molecule has 1 aromatic carbocycles. The third kappa shape index (κ3) is 1.18. The van der Waals surface area contributed by atoms with Gasteiger partial charge in [0.25, 0.3) is 0 Å². The molecule has 2 rings (SSSR count). The van der Waals surface area contributed by atoms with Crippen LogP contribution in [0.4, 0.5) is 8.78 Å². The first-order chi connectivity index (χ1) is 6.04. The lowest BCUT2D eigenvalue weighted by molar-refractivity contribution is 0.145. The maximum atomic E-state index is 13.1. The summed E-state index contributed by atoms with van der Waals surface area (Å²) < 4.78 is 25.7. The predicted octanol–water partition coefficient (Wildman–Crippen LogP) is 1.65. The van der Waals surface area contributed by atoms with Gasteiger partial charge < -0.3 is 10.2 Å². The van der Waals surface area contributed by atoms with E-state index in [1.54, 1.807) is 0 Å². The molecule has 1 fully saturated rings. The summed E-state index contributed by atoms with van der Waals surface area (Å²) in [7, 11) is 0. The summed E-state index contributed by atoms with van der Waals surface area (Å²) in [5.41, 5.74) is -1.21. The van der Waals surface area contributed by atoms with Crippen molar-refractivity contribution in [2.24, 2.45) is 0 Å². The number of aromatic hydroxyl groups is 1. The summed E-state index contributed by atoms with van der Waals surface area (Å²) >= 11 is 0. The van der Waals surface area contributed by atoms with Crippen LogP contribution in [0, 0.1) is 11.6 Å². The first kappa shape index (κ1) is 8.44. The molecule has 2 N–H and O–H groups in total. The van der Waals surface area contributed by atoms with E-state index in [1.807, 2.05) is 0 Å². The van der Waals surface area contributed by atoms with Gasteiger partial charge in [0.15, 0.2) is 17.4 Å². The van der Waals surface area contributed by atoms with Crippen LogP contribution in [-0.4, -0.2) is 10.2 Å². The molecule has 0 amide bonds. The highest BCUT2D eigenvalue weighted by Gasteiger charge is 2.44. The van der Waals surface area contributed by atoms with Crippen molar-refractivity contribution in [2.45, 2.75) is 18.4 Å². The molecule has 0 saturated heterocycles. The summed E-state index contributed by atoms with van der Waals surface area (Å²) in [5, 5.41) is 18.4. The molecule has 0 spiro atoms. The average molecular weight is 186 g/mol. The molecule has 0 bridgehead atoms. The van der Waals surface area contributed by atoms with Crippen molar-refractivity contribution < 1.29 is 19.0 Å². The third-order valence-electron chi connectivity index (χ3n) is 2.29. The number of benzene rings is 1. The minimum Gasteiger partial charge on any atom is -0.503 e. The number of phenols is 1. The molecule has 0 heterocycles. The van der Waals surface area contributed by atoms with E-state index in [-0.39, 0.29) is 5.56 Å². The SMILES string of the molecule is Oc1c(F)ccc(C2(O)CC2)c1F. The molecule has 0 atom stereocenters. The van der Waals surface area contributed by atoms with Crippen LogP contribution in [0.3, 0.4) is 0 Å². The Bertz CT molecular complexity index is 359. The van der Waals surface area contributed by atoms with Gasteiger partial charge in [0, 0.05) is 5.56 Å². The Labute approximate surface area is 73.4 Å². The number of hydrogen-bond donors (Lipinski definition) is 2. The number of rotatable bonds is 1. The molecule has 1 saturated carbocycles. The molecule has 70 valence electrons. The quantitative estimate of drug-likeness (QED) is 0.700. The minimum atomic E-state index is -1.19. The normalized spacial score (nSPS) is 18.7. The molecule has 4 heteroatoms. The van der Waals surface area contributed by atoms with Gasteiger partial charge in [-0.3, -0.25) is 0 Å². The van der Waals surface area contributed by atoms with Gasteiger partial charge in [0.05, 0.1) is 5.60 Å². The van der Waals surface area contributed by atoms with E-state index in [0.29, 0.717) is 12.8 Å². The van der Waals surface area contributed by atoms with E-state index in [4.69, 9.17) is 5.11 Å². The molecule has 13 heavy (non-hydrogen) atoms. The number of aliphatic hydroxyl groups is 1. The van der Waals surface area contributed by atoms with Crippen molar-refractivity contribution in [2.75, 3.05) is 0 Å².